The third-order valence-corrected chi connectivity index (χ3v) is 3.31. The maximum absolute atomic E-state index is 12.9. The molecule has 12 heteroatoms. The summed E-state index contributed by atoms with van der Waals surface area (Å²) < 4.78 is 77.2. The zero-order chi connectivity index (χ0) is 20.9. The minimum atomic E-state index is -5.01. The first kappa shape index (κ1) is 20.9. The minimum absolute atomic E-state index is 0.0238. The molecule has 0 saturated carbocycles. The number of carbonyl (C=O) groups is 1. The van der Waals surface area contributed by atoms with Crippen LogP contribution >= 0.6 is 0 Å². The van der Waals surface area contributed by atoms with Crippen LogP contribution in [0.5, 0.6) is 0 Å². The second-order valence-electron chi connectivity index (χ2n) is 5.27. The first-order valence-corrected chi connectivity index (χ1v) is 7.31. The van der Waals surface area contributed by atoms with Crippen molar-refractivity contribution in [3.63, 3.8) is 0 Å². The van der Waals surface area contributed by atoms with Crippen molar-refractivity contribution in [1.29, 1.82) is 0 Å². The van der Waals surface area contributed by atoms with Gasteiger partial charge in [0, 0.05) is 35.3 Å². The molecule has 1 aromatic heterocycles. The van der Waals surface area contributed by atoms with E-state index in [4.69, 9.17) is 5.73 Å². The van der Waals surface area contributed by atoms with Gasteiger partial charge in [-0.3, -0.25) is 10.2 Å². The van der Waals surface area contributed by atoms with Gasteiger partial charge in [0.05, 0.1) is 11.1 Å². The van der Waals surface area contributed by atoms with Gasteiger partial charge in [-0.15, -0.1) is 0 Å². The number of nitrogens with zero attached hydrogens (tertiary/aromatic N) is 3. The first-order valence-electron chi connectivity index (χ1n) is 7.31. The fourth-order valence-corrected chi connectivity index (χ4v) is 1.97. The van der Waals surface area contributed by atoms with Crippen LogP contribution in [0, 0.1) is 0 Å². The molecule has 0 bridgehead atoms. The van der Waals surface area contributed by atoms with Crippen LogP contribution in [0.25, 0.3) is 5.57 Å². The third-order valence-electron chi connectivity index (χ3n) is 3.31. The SMILES string of the molecule is N/C(=N\N/C=C(\C=O)c1cncnc1)c1cc(C(F)(F)F)cc(C(F)(F)F)c1. The van der Waals surface area contributed by atoms with Gasteiger partial charge in [0.15, 0.2) is 12.1 Å². The van der Waals surface area contributed by atoms with Gasteiger partial charge in [0.1, 0.15) is 6.33 Å². The van der Waals surface area contributed by atoms with E-state index in [0.717, 1.165) is 6.20 Å². The quantitative estimate of drug-likeness (QED) is 0.200. The van der Waals surface area contributed by atoms with Crippen molar-refractivity contribution < 1.29 is 31.1 Å². The van der Waals surface area contributed by atoms with E-state index in [-0.39, 0.29) is 11.6 Å². The molecule has 1 heterocycles. The highest BCUT2D eigenvalue weighted by molar-refractivity contribution is 6.06. The molecule has 2 rings (SSSR count). The minimum Gasteiger partial charge on any atom is -0.382 e. The van der Waals surface area contributed by atoms with Crippen LogP contribution in [0.2, 0.25) is 0 Å². The number of amidine groups is 1. The molecule has 0 saturated heterocycles. The number of hydrazone groups is 1. The van der Waals surface area contributed by atoms with Crippen LogP contribution in [0.1, 0.15) is 22.3 Å². The molecule has 0 amide bonds. The van der Waals surface area contributed by atoms with E-state index in [2.05, 4.69) is 20.5 Å². The Morgan fingerprint density at radius 3 is 1.96 bits per heavy atom. The number of carbonyl (C=O) groups excluding carboxylic acids is 1. The predicted molar refractivity (Wildman–Crippen MR) is 86.4 cm³/mol. The van der Waals surface area contributed by atoms with Gasteiger partial charge in [0.2, 0.25) is 0 Å². The molecule has 0 aliphatic heterocycles. The standard InChI is InChI=1S/C16H11F6N5O/c17-15(18,19)12-1-9(2-13(3-12)16(20,21)22)14(23)27-26-6-11(7-28)10-4-24-8-25-5-10/h1-8,26H,(H2,23,27)/b11-6+. The van der Waals surface area contributed by atoms with Crippen molar-refractivity contribution in [2.24, 2.45) is 10.8 Å². The van der Waals surface area contributed by atoms with Gasteiger partial charge in [-0.25, -0.2) is 9.97 Å². The predicted octanol–water partition coefficient (Wildman–Crippen LogP) is 2.96. The van der Waals surface area contributed by atoms with Crippen molar-refractivity contribution >= 4 is 17.7 Å². The maximum atomic E-state index is 12.9. The van der Waals surface area contributed by atoms with Crippen molar-refractivity contribution in [2.75, 3.05) is 0 Å². The van der Waals surface area contributed by atoms with Crippen LogP contribution in [-0.4, -0.2) is 22.1 Å². The normalized spacial score (nSPS) is 13.4. The molecule has 6 nitrogen and oxygen atoms in total. The maximum Gasteiger partial charge on any atom is 0.416 e. The molecular formula is C16H11F6N5O. The summed E-state index contributed by atoms with van der Waals surface area (Å²) in [6, 6.07) is 0.848. The molecular weight excluding hydrogens is 392 g/mol. The van der Waals surface area contributed by atoms with E-state index in [1.54, 1.807) is 0 Å². The van der Waals surface area contributed by atoms with Crippen molar-refractivity contribution in [1.82, 2.24) is 15.4 Å². The monoisotopic (exact) mass is 403 g/mol. The zero-order valence-corrected chi connectivity index (χ0v) is 13.7. The summed E-state index contributed by atoms with van der Waals surface area (Å²) in [5.41, 5.74) is 4.37. The Labute approximate surface area is 153 Å². The van der Waals surface area contributed by atoms with Gasteiger partial charge in [-0.1, -0.05) is 0 Å². The number of rotatable bonds is 5. The molecule has 2 aromatic rings. The average Bonchev–Trinajstić information content (AvgIpc) is 2.64. The smallest absolute Gasteiger partial charge is 0.382 e. The number of alkyl halides is 6. The van der Waals surface area contributed by atoms with E-state index in [1.165, 1.54) is 18.7 Å². The fourth-order valence-electron chi connectivity index (χ4n) is 1.97. The number of allylic oxidation sites excluding steroid dienone is 1. The largest absolute Gasteiger partial charge is 0.416 e. The number of nitrogens with two attached hydrogens (primary N) is 1. The summed E-state index contributed by atoms with van der Waals surface area (Å²) in [5.74, 6) is -0.651. The fraction of sp³-hybridized carbons (Fsp3) is 0.125. The van der Waals surface area contributed by atoms with Crippen LogP contribution in [0.15, 0.2) is 48.2 Å². The molecule has 0 aliphatic rings. The lowest BCUT2D eigenvalue weighted by atomic mass is 10.0. The lowest BCUT2D eigenvalue weighted by Gasteiger charge is -2.14. The lowest BCUT2D eigenvalue weighted by Crippen LogP contribution is -2.20. The van der Waals surface area contributed by atoms with Crippen molar-refractivity contribution in [3.05, 3.63) is 65.4 Å². The third kappa shape index (κ3) is 5.28. The number of hydrogen-bond acceptors (Lipinski definition) is 5. The first-order chi connectivity index (χ1) is 13.0. The highest BCUT2D eigenvalue weighted by Gasteiger charge is 2.37. The number of halogens is 6. The molecule has 0 radical (unpaired) electrons. The summed E-state index contributed by atoms with van der Waals surface area (Å²) in [7, 11) is 0. The molecule has 1 aromatic carbocycles. The van der Waals surface area contributed by atoms with Crippen LogP contribution in [-0.2, 0) is 17.1 Å². The Morgan fingerprint density at radius 1 is 0.964 bits per heavy atom. The number of nitrogens with one attached hydrogen (secondary N) is 1. The Balaban J connectivity index is 2.35. The highest BCUT2D eigenvalue weighted by Crippen LogP contribution is 2.36. The molecule has 3 N–H and O–H groups in total. The Morgan fingerprint density at radius 2 is 1.50 bits per heavy atom. The molecule has 148 valence electrons. The Bertz CT molecular complexity index is 874. The Kier molecular flexibility index (Phi) is 6.01. The van der Waals surface area contributed by atoms with Gasteiger partial charge in [-0.05, 0) is 18.2 Å². The summed E-state index contributed by atoms with van der Waals surface area (Å²) in [6.07, 6.45) is -4.72. The topological polar surface area (TPSA) is 93.3 Å². The second-order valence-corrected chi connectivity index (χ2v) is 5.27. The molecule has 0 unspecified atom stereocenters. The summed E-state index contributed by atoms with van der Waals surface area (Å²) in [6.45, 7) is 0. The van der Waals surface area contributed by atoms with E-state index in [1.807, 2.05) is 0 Å². The van der Waals surface area contributed by atoms with Crippen LogP contribution in [0.3, 0.4) is 0 Å². The van der Waals surface area contributed by atoms with Crippen LogP contribution in [0.4, 0.5) is 26.3 Å². The number of aromatic nitrogens is 2. The van der Waals surface area contributed by atoms with Gasteiger partial charge in [-0.2, -0.15) is 31.4 Å². The zero-order valence-electron chi connectivity index (χ0n) is 13.7. The van der Waals surface area contributed by atoms with E-state index in [9.17, 15) is 31.1 Å². The Hall–Kier alpha value is -3.44. The van der Waals surface area contributed by atoms with E-state index < -0.39 is 34.9 Å². The highest BCUT2D eigenvalue weighted by atomic mass is 19.4. The molecule has 0 atom stereocenters. The van der Waals surface area contributed by atoms with E-state index >= 15 is 0 Å². The molecule has 0 aliphatic carbocycles. The molecule has 28 heavy (non-hydrogen) atoms. The van der Waals surface area contributed by atoms with Crippen LogP contribution < -0.4 is 11.2 Å². The average molecular weight is 403 g/mol. The lowest BCUT2D eigenvalue weighted by molar-refractivity contribution is -0.143. The number of benzene rings is 1. The number of aldehydes is 1. The second kappa shape index (κ2) is 8.06. The summed E-state index contributed by atoms with van der Waals surface area (Å²) in [4.78, 5) is 18.5. The van der Waals surface area contributed by atoms with Gasteiger partial charge < -0.3 is 5.73 Å². The van der Waals surface area contributed by atoms with E-state index in [0.29, 0.717) is 24.0 Å². The summed E-state index contributed by atoms with van der Waals surface area (Å²) >= 11 is 0. The van der Waals surface area contributed by atoms with Crippen molar-refractivity contribution in [2.45, 2.75) is 12.4 Å². The summed E-state index contributed by atoms with van der Waals surface area (Å²) in [5, 5.41) is 3.49. The van der Waals surface area contributed by atoms with Crippen molar-refractivity contribution in [3.8, 4) is 0 Å². The van der Waals surface area contributed by atoms with Gasteiger partial charge >= 0.3 is 12.4 Å². The number of hydrogen-bond donors (Lipinski definition) is 2. The molecule has 0 fully saturated rings. The molecule has 0 spiro atoms. The van der Waals surface area contributed by atoms with Gasteiger partial charge in [0.25, 0.3) is 0 Å².